The Hall–Kier alpha value is -0.890. The van der Waals surface area contributed by atoms with Crippen molar-refractivity contribution in [2.45, 2.75) is 64.5 Å². The Kier molecular flexibility index (Phi) is 5.38. The number of hydrogen-bond donors (Lipinski definition) is 1. The molecule has 3 atom stereocenters. The van der Waals surface area contributed by atoms with E-state index in [1.54, 1.807) is 12.1 Å². The van der Waals surface area contributed by atoms with E-state index in [0.717, 1.165) is 12.3 Å². The van der Waals surface area contributed by atoms with Gasteiger partial charge in [-0.05, 0) is 42.9 Å². The lowest BCUT2D eigenvalue weighted by molar-refractivity contribution is 0.459. The van der Waals surface area contributed by atoms with Gasteiger partial charge in [0.05, 0.1) is 0 Å². The van der Waals surface area contributed by atoms with Crippen molar-refractivity contribution in [3.05, 3.63) is 35.6 Å². The molecule has 1 aliphatic carbocycles. The van der Waals surface area contributed by atoms with E-state index in [1.807, 2.05) is 12.1 Å². The molecule has 3 unspecified atom stereocenters. The van der Waals surface area contributed by atoms with Crippen molar-refractivity contribution in [2.24, 2.45) is 5.92 Å². The quantitative estimate of drug-likeness (QED) is 0.708. The third-order valence-electron chi connectivity index (χ3n) is 4.12. The van der Waals surface area contributed by atoms with Gasteiger partial charge in [0.2, 0.25) is 0 Å². The van der Waals surface area contributed by atoms with E-state index >= 15 is 0 Å². The van der Waals surface area contributed by atoms with Crippen LogP contribution in [-0.2, 0) is 0 Å². The highest BCUT2D eigenvalue weighted by Crippen LogP contribution is 2.37. The largest absolute Gasteiger partial charge is 0.307 e. The smallest absolute Gasteiger partial charge is 0.123 e. The van der Waals surface area contributed by atoms with Crippen LogP contribution in [0.1, 0.15) is 64.0 Å². The summed E-state index contributed by atoms with van der Waals surface area (Å²) in [5.74, 6) is 0.725. The van der Waals surface area contributed by atoms with Gasteiger partial charge in [0.1, 0.15) is 5.82 Å². The van der Waals surface area contributed by atoms with E-state index in [4.69, 9.17) is 0 Å². The van der Waals surface area contributed by atoms with Gasteiger partial charge in [-0.2, -0.15) is 0 Å². The van der Waals surface area contributed by atoms with Crippen LogP contribution in [0.15, 0.2) is 24.3 Å². The third-order valence-corrected chi connectivity index (χ3v) is 4.12. The lowest BCUT2D eigenvalue weighted by Gasteiger charge is -2.19. The summed E-state index contributed by atoms with van der Waals surface area (Å²) in [6, 6.07) is 8.10. The molecule has 0 bridgehead atoms. The maximum atomic E-state index is 13.0. The Bertz CT molecular complexity index is 373. The lowest BCUT2D eigenvalue weighted by atomic mass is 10.0. The topological polar surface area (TPSA) is 12.0 Å². The molecule has 1 aliphatic rings. The molecular weight excluding hydrogens is 237 g/mol. The van der Waals surface area contributed by atoms with Crippen LogP contribution < -0.4 is 5.32 Å². The monoisotopic (exact) mass is 263 g/mol. The van der Waals surface area contributed by atoms with Crippen LogP contribution in [0.3, 0.4) is 0 Å². The number of nitrogens with one attached hydrogen (secondary N) is 1. The van der Waals surface area contributed by atoms with E-state index in [2.05, 4.69) is 19.2 Å². The summed E-state index contributed by atoms with van der Waals surface area (Å²) in [4.78, 5) is 0. The summed E-state index contributed by atoms with van der Waals surface area (Å²) in [6.45, 7) is 4.47. The average molecular weight is 263 g/mol. The van der Waals surface area contributed by atoms with Gasteiger partial charge in [0.25, 0.3) is 0 Å². The number of rotatable bonds is 8. The van der Waals surface area contributed by atoms with Crippen LogP contribution in [0.4, 0.5) is 4.39 Å². The van der Waals surface area contributed by atoms with Gasteiger partial charge in [-0.25, -0.2) is 4.39 Å². The molecule has 0 spiro atoms. The van der Waals surface area contributed by atoms with E-state index in [0.29, 0.717) is 12.1 Å². The Morgan fingerprint density at radius 2 is 1.95 bits per heavy atom. The minimum absolute atomic E-state index is 0.145. The first-order valence-electron chi connectivity index (χ1n) is 7.76. The minimum atomic E-state index is -0.145. The molecule has 1 saturated carbocycles. The van der Waals surface area contributed by atoms with Gasteiger partial charge in [-0.3, -0.25) is 0 Å². The van der Waals surface area contributed by atoms with E-state index in [9.17, 15) is 4.39 Å². The molecule has 0 aromatic heterocycles. The first-order chi connectivity index (χ1) is 9.24. The van der Waals surface area contributed by atoms with E-state index in [-0.39, 0.29) is 5.82 Å². The van der Waals surface area contributed by atoms with Gasteiger partial charge >= 0.3 is 0 Å². The predicted octanol–water partition coefficient (Wildman–Crippen LogP) is 4.84. The van der Waals surface area contributed by atoms with Crippen molar-refractivity contribution in [3.63, 3.8) is 0 Å². The molecule has 1 aromatic carbocycles. The Morgan fingerprint density at radius 1 is 1.21 bits per heavy atom. The molecule has 0 radical (unpaired) electrons. The highest BCUT2D eigenvalue weighted by molar-refractivity contribution is 5.20. The molecule has 0 heterocycles. The molecule has 0 aliphatic heterocycles. The van der Waals surface area contributed by atoms with Crippen molar-refractivity contribution >= 4 is 0 Å². The Balaban J connectivity index is 1.94. The molecule has 2 heteroatoms. The summed E-state index contributed by atoms with van der Waals surface area (Å²) in [5.41, 5.74) is 1.23. The molecule has 0 saturated heterocycles. The zero-order valence-corrected chi connectivity index (χ0v) is 12.2. The molecule has 1 fully saturated rings. The molecule has 1 N–H and O–H groups in total. The highest BCUT2D eigenvalue weighted by atomic mass is 19.1. The second kappa shape index (κ2) is 7.04. The van der Waals surface area contributed by atoms with Crippen molar-refractivity contribution in [1.82, 2.24) is 5.32 Å². The molecule has 2 rings (SSSR count). The van der Waals surface area contributed by atoms with Gasteiger partial charge in [-0.15, -0.1) is 0 Å². The van der Waals surface area contributed by atoms with Crippen molar-refractivity contribution in [2.75, 3.05) is 0 Å². The Morgan fingerprint density at radius 3 is 2.58 bits per heavy atom. The summed E-state index contributed by atoms with van der Waals surface area (Å²) in [5, 5.41) is 3.77. The first-order valence-corrected chi connectivity index (χ1v) is 7.76. The van der Waals surface area contributed by atoms with Gasteiger partial charge in [0.15, 0.2) is 0 Å². The maximum Gasteiger partial charge on any atom is 0.123 e. The SMILES string of the molecule is CCCCC(NC1CC1CCC)c1ccc(F)cc1. The predicted molar refractivity (Wildman–Crippen MR) is 78.6 cm³/mol. The van der Waals surface area contributed by atoms with E-state index in [1.165, 1.54) is 37.7 Å². The summed E-state index contributed by atoms with van der Waals surface area (Å²) >= 11 is 0. The molecule has 1 nitrogen and oxygen atoms in total. The van der Waals surface area contributed by atoms with Crippen LogP contribution in [0.25, 0.3) is 0 Å². The van der Waals surface area contributed by atoms with Crippen LogP contribution in [0, 0.1) is 11.7 Å². The van der Waals surface area contributed by atoms with Crippen molar-refractivity contribution < 1.29 is 4.39 Å². The molecular formula is C17H26FN. The third kappa shape index (κ3) is 4.31. The lowest BCUT2D eigenvalue weighted by Crippen LogP contribution is -2.25. The normalized spacial score (nSPS) is 23.3. The van der Waals surface area contributed by atoms with Crippen LogP contribution >= 0.6 is 0 Å². The number of hydrogen-bond acceptors (Lipinski definition) is 1. The standard InChI is InChI=1S/C17H26FN/c1-3-5-7-16(13-8-10-15(18)11-9-13)19-17-12-14(17)6-4-2/h8-11,14,16-17,19H,3-7,12H2,1-2H3. The molecule has 1 aromatic rings. The van der Waals surface area contributed by atoms with Crippen LogP contribution in [-0.4, -0.2) is 6.04 Å². The minimum Gasteiger partial charge on any atom is -0.307 e. The van der Waals surface area contributed by atoms with Gasteiger partial charge in [-0.1, -0.05) is 45.2 Å². The van der Waals surface area contributed by atoms with Crippen molar-refractivity contribution in [3.8, 4) is 0 Å². The molecule has 19 heavy (non-hydrogen) atoms. The van der Waals surface area contributed by atoms with Gasteiger partial charge < -0.3 is 5.32 Å². The highest BCUT2D eigenvalue weighted by Gasteiger charge is 2.37. The zero-order valence-electron chi connectivity index (χ0n) is 12.2. The Labute approximate surface area is 116 Å². The van der Waals surface area contributed by atoms with Crippen LogP contribution in [0.2, 0.25) is 0 Å². The zero-order chi connectivity index (χ0) is 13.7. The van der Waals surface area contributed by atoms with Gasteiger partial charge in [0, 0.05) is 12.1 Å². The fraction of sp³-hybridized carbons (Fsp3) is 0.647. The summed E-state index contributed by atoms with van der Waals surface area (Å²) in [7, 11) is 0. The number of benzene rings is 1. The fourth-order valence-electron chi connectivity index (χ4n) is 2.85. The summed E-state index contributed by atoms with van der Waals surface area (Å²) in [6.07, 6.45) is 7.51. The number of halogens is 1. The molecule has 0 amide bonds. The maximum absolute atomic E-state index is 13.0. The second-order valence-electron chi connectivity index (χ2n) is 5.80. The second-order valence-corrected chi connectivity index (χ2v) is 5.80. The molecule has 106 valence electrons. The van der Waals surface area contributed by atoms with Crippen LogP contribution in [0.5, 0.6) is 0 Å². The van der Waals surface area contributed by atoms with Crippen molar-refractivity contribution in [1.29, 1.82) is 0 Å². The van der Waals surface area contributed by atoms with E-state index < -0.39 is 0 Å². The summed E-state index contributed by atoms with van der Waals surface area (Å²) < 4.78 is 13.0. The first kappa shape index (κ1) is 14.5. The average Bonchev–Trinajstić information content (AvgIpc) is 3.14. The number of unbranched alkanes of at least 4 members (excludes halogenated alkanes) is 1. The fourth-order valence-corrected chi connectivity index (χ4v) is 2.85.